The predicted octanol–water partition coefficient (Wildman–Crippen LogP) is 2.27. The van der Waals surface area contributed by atoms with Gasteiger partial charge in [-0.25, -0.2) is 9.97 Å². The van der Waals surface area contributed by atoms with Crippen molar-refractivity contribution in [3.8, 4) is 0 Å². The number of nitrogens with one attached hydrogen (secondary N) is 3. The molecular weight excluding hydrogens is 382 g/mol. The van der Waals surface area contributed by atoms with Gasteiger partial charge in [-0.3, -0.25) is 4.79 Å². The van der Waals surface area contributed by atoms with E-state index in [2.05, 4.69) is 35.8 Å². The molecule has 5 rings (SSSR count). The van der Waals surface area contributed by atoms with E-state index in [0.29, 0.717) is 28.8 Å². The first-order valence-corrected chi connectivity index (χ1v) is 10.6. The number of aliphatic hydroxyl groups excluding tert-OH is 1. The highest BCUT2D eigenvalue weighted by molar-refractivity contribution is 6.05. The van der Waals surface area contributed by atoms with Gasteiger partial charge in [0.1, 0.15) is 11.6 Å². The van der Waals surface area contributed by atoms with Gasteiger partial charge in [0.05, 0.1) is 23.7 Å². The number of hydrogen-bond acceptors (Lipinski definition) is 7. The van der Waals surface area contributed by atoms with E-state index >= 15 is 0 Å². The number of fused-ring (bicyclic) bond motifs is 1. The van der Waals surface area contributed by atoms with Crippen molar-refractivity contribution in [1.29, 1.82) is 0 Å². The van der Waals surface area contributed by atoms with E-state index in [1.807, 2.05) is 12.1 Å². The minimum atomic E-state index is -0.213. The molecule has 0 unspecified atom stereocenters. The lowest BCUT2D eigenvalue weighted by Crippen LogP contribution is -2.29. The molecule has 0 spiro atoms. The Labute approximate surface area is 173 Å². The van der Waals surface area contributed by atoms with Gasteiger partial charge >= 0.3 is 0 Å². The quantitative estimate of drug-likeness (QED) is 0.493. The predicted molar refractivity (Wildman–Crippen MR) is 111 cm³/mol. The van der Waals surface area contributed by atoms with Crippen LogP contribution in [-0.2, 0) is 6.54 Å². The number of para-hydroxylation sites is 1. The molecule has 156 valence electrons. The molecule has 0 aliphatic heterocycles. The minimum absolute atomic E-state index is 0.208. The maximum Gasteiger partial charge on any atom is 0.253 e. The summed E-state index contributed by atoms with van der Waals surface area (Å²) in [4.78, 5) is 25.0. The van der Waals surface area contributed by atoms with Crippen molar-refractivity contribution in [3.63, 3.8) is 0 Å². The van der Waals surface area contributed by atoms with Gasteiger partial charge in [-0.05, 0) is 44.6 Å². The van der Waals surface area contributed by atoms with Crippen molar-refractivity contribution in [2.75, 3.05) is 5.32 Å². The largest absolute Gasteiger partial charge is 0.393 e. The Bertz CT molecular complexity index is 1050. The summed E-state index contributed by atoms with van der Waals surface area (Å²) in [6.45, 7) is 0.287. The fraction of sp³-hybridized carbons (Fsp3) is 0.476. The number of aromatic nitrogens is 5. The van der Waals surface area contributed by atoms with Gasteiger partial charge in [0.15, 0.2) is 0 Å². The van der Waals surface area contributed by atoms with E-state index < -0.39 is 0 Å². The molecule has 3 aromatic rings. The zero-order valence-corrected chi connectivity index (χ0v) is 16.6. The Balaban J connectivity index is 1.30. The summed E-state index contributed by atoms with van der Waals surface area (Å²) in [6, 6.07) is 5.72. The van der Waals surface area contributed by atoms with E-state index in [1.54, 1.807) is 12.3 Å². The van der Waals surface area contributed by atoms with Crippen LogP contribution in [0.4, 0.5) is 5.95 Å². The molecule has 2 saturated carbocycles. The summed E-state index contributed by atoms with van der Waals surface area (Å²) in [5.41, 5.74) is 1.11. The van der Waals surface area contributed by atoms with Crippen LogP contribution in [-0.4, -0.2) is 48.3 Å². The second kappa shape index (κ2) is 7.98. The van der Waals surface area contributed by atoms with Crippen LogP contribution in [0.5, 0.6) is 0 Å². The summed E-state index contributed by atoms with van der Waals surface area (Å²) < 4.78 is 0. The number of anilines is 1. The molecule has 0 radical (unpaired) electrons. The van der Waals surface area contributed by atoms with Gasteiger partial charge in [-0.2, -0.15) is 0 Å². The SMILES string of the molecule is O=C(NCc1nnc(C2CC2)[nH]1)c1cccc2cnc(NC3CCC(O)CC3)nc12. The Morgan fingerprint density at radius 1 is 1.13 bits per heavy atom. The molecule has 30 heavy (non-hydrogen) atoms. The number of nitrogens with zero attached hydrogens (tertiary/aromatic N) is 4. The molecule has 2 heterocycles. The third-order valence-corrected chi connectivity index (χ3v) is 5.82. The summed E-state index contributed by atoms with van der Waals surface area (Å²) >= 11 is 0. The molecule has 0 atom stereocenters. The number of aromatic amines is 1. The first kappa shape index (κ1) is 18.9. The average molecular weight is 407 g/mol. The molecule has 1 amide bonds. The smallest absolute Gasteiger partial charge is 0.253 e. The van der Waals surface area contributed by atoms with E-state index in [0.717, 1.165) is 49.7 Å². The van der Waals surface area contributed by atoms with Crippen molar-refractivity contribution < 1.29 is 9.90 Å². The number of aliphatic hydroxyl groups is 1. The van der Waals surface area contributed by atoms with Crippen molar-refractivity contribution in [2.45, 2.75) is 63.1 Å². The second-order valence-electron chi connectivity index (χ2n) is 8.20. The first-order chi connectivity index (χ1) is 14.7. The Morgan fingerprint density at radius 3 is 2.77 bits per heavy atom. The Morgan fingerprint density at radius 2 is 1.97 bits per heavy atom. The van der Waals surface area contributed by atoms with Crippen LogP contribution < -0.4 is 10.6 Å². The number of hydrogen-bond donors (Lipinski definition) is 4. The third-order valence-electron chi connectivity index (χ3n) is 5.82. The van der Waals surface area contributed by atoms with Gasteiger partial charge in [-0.15, -0.1) is 10.2 Å². The lowest BCUT2D eigenvalue weighted by molar-refractivity contribution is 0.0951. The zero-order valence-electron chi connectivity index (χ0n) is 16.6. The molecule has 0 bridgehead atoms. The minimum Gasteiger partial charge on any atom is -0.393 e. The normalized spacial score (nSPS) is 21.5. The van der Waals surface area contributed by atoms with Crippen molar-refractivity contribution in [1.82, 2.24) is 30.5 Å². The Kier molecular flexibility index (Phi) is 5.04. The van der Waals surface area contributed by atoms with Gasteiger partial charge < -0.3 is 20.7 Å². The third kappa shape index (κ3) is 4.11. The van der Waals surface area contributed by atoms with Crippen LogP contribution in [0.2, 0.25) is 0 Å². The summed E-state index contributed by atoms with van der Waals surface area (Å²) in [6.07, 6.45) is 7.14. The van der Waals surface area contributed by atoms with Crippen LogP contribution in [0.3, 0.4) is 0 Å². The molecule has 4 N–H and O–H groups in total. The Hall–Kier alpha value is -3.07. The summed E-state index contributed by atoms with van der Waals surface area (Å²) in [5.74, 6) is 2.35. The highest BCUT2D eigenvalue weighted by atomic mass is 16.3. The van der Waals surface area contributed by atoms with Gasteiger partial charge in [-0.1, -0.05) is 12.1 Å². The lowest BCUT2D eigenvalue weighted by atomic mass is 9.93. The van der Waals surface area contributed by atoms with Crippen LogP contribution >= 0.6 is 0 Å². The van der Waals surface area contributed by atoms with E-state index in [1.165, 1.54) is 0 Å². The van der Waals surface area contributed by atoms with Crippen LogP contribution in [0.15, 0.2) is 24.4 Å². The highest BCUT2D eigenvalue weighted by Gasteiger charge is 2.27. The molecule has 9 heteroatoms. The molecule has 2 aliphatic rings. The molecular formula is C21H25N7O2. The van der Waals surface area contributed by atoms with Crippen LogP contribution in [0, 0.1) is 0 Å². The van der Waals surface area contributed by atoms with Gasteiger partial charge in [0.2, 0.25) is 5.95 Å². The highest BCUT2D eigenvalue weighted by Crippen LogP contribution is 2.37. The average Bonchev–Trinajstić information content (AvgIpc) is 3.51. The van der Waals surface area contributed by atoms with E-state index in [4.69, 9.17) is 0 Å². The summed E-state index contributed by atoms with van der Waals surface area (Å²) in [5, 5.41) is 25.0. The van der Waals surface area contributed by atoms with E-state index in [9.17, 15) is 9.90 Å². The second-order valence-corrected chi connectivity index (χ2v) is 8.20. The molecule has 0 saturated heterocycles. The number of carbonyl (C=O) groups excluding carboxylic acids is 1. The van der Waals surface area contributed by atoms with Crippen LogP contribution in [0.25, 0.3) is 10.9 Å². The van der Waals surface area contributed by atoms with Crippen molar-refractivity contribution in [2.24, 2.45) is 0 Å². The first-order valence-electron chi connectivity index (χ1n) is 10.6. The number of carbonyl (C=O) groups is 1. The van der Waals surface area contributed by atoms with Crippen LogP contribution in [0.1, 0.15) is 66.4 Å². The maximum absolute atomic E-state index is 12.8. The molecule has 2 fully saturated rings. The van der Waals surface area contributed by atoms with E-state index in [-0.39, 0.29) is 24.6 Å². The fourth-order valence-corrected chi connectivity index (χ4v) is 3.90. The van der Waals surface area contributed by atoms with Crippen molar-refractivity contribution >= 4 is 22.8 Å². The number of H-pyrrole nitrogens is 1. The number of benzene rings is 1. The molecule has 1 aromatic carbocycles. The molecule has 2 aliphatic carbocycles. The molecule has 9 nitrogen and oxygen atoms in total. The summed E-state index contributed by atoms with van der Waals surface area (Å²) in [7, 11) is 0. The standard InChI is InChI=1S/C21H25N7O2/c29-15-8-6-14(7-9-15)24-21-23-10-13-2-1-3-16(18(13)26-21)20(30)22-11-17-25-19(28-27-17)12-4-5-12/h1-3,10,12,14-15,29H,4-9,11H2,(H,22,30)(H,23,24,26)(H,25,27,28). The number of rotatable bonds is 6. The number of amides is 1. The lowest BCUT2D eigenvalue weighted by Gasteiger charge is -2.26. The van der Waals surface area contributed by atoms with Gasteiger partial charge in [0.25, 0.3) is 5.91 Å². The zero-order chi connectivity index (χ0) is 20.5. The maximum atomic E-state index is 12.8. The fourth-order valence-electron chi connectivity index (χ4n) is 3.90. The monoisotopic (exact) mass is 407 g/mol. The van der Waals surface area contributed by atoms with Crippen molar-refractivity contribution in [3.05, 3.63) is 41.6 Å². The molecule has 2 aromatic heterocycles. The van der Waals surface area contributed by atoms with Gasteiger partial charge in [0, 0.05) is 23.5 Å². The topological polar surface area (TPSA) is 129 Å².